The van der Waals surface area contributed by atoms with E-state index in [1.165, 1.54) is 6.07 Å². The molecule has 80 valence electrons. The van der Waals surface area contributed by atoms with Crippen LogP contribution in [0, 0.1) is 23.0 Å². The summed E-state index contributed by atoms with van der Waals surface area (Å²) in [4.78, 5) is 0. The van der Waals surface area contributed by atoms with Crippen LogP contribution in [0.2, 0.25) is 0 Å². The van der Waals surface area contributed by atoms with Crippen LogP contribution in [0.4, 0.5) is 8.78 Å². The van der Waals surface area contributed by atoms with E-state index in [4.69, 9.17) is 15.1 Å². The van der Waals surface area contributed by atoms with Crippen LogP contribution >= 0.6 is 0 Å². The highest BCUT2D eigenvalue weighted by atomic mass is 19.1. The first-order chi connectivity index (χ1) is 7.20. The van der Waals surface area contributed by atoms with Crippen LogP contribution in [-0.2, 0) is 4.74 Å². The fourth-order valence-corrected chi connectivity index (χ4v) is 1.12. The van der Waals surface area contributed by atoms with E-state index in [-0.39, 0.29) is 13.2 Å². The van der Waals surface area contributed by atoms with Gasteiger partial charge in [-0.15, -0.1) is 0 Å². The summed E-state index contributed by atoms with van der Waals surface area (Å²) in [6, 6.07) is 4.92. The summed E-state index contributed by atoms with van der Waals surface area (Å²) in [6.45, 7) is -0.458. The minimum absolute atomic E-state index is 0.147. The van der Waals surface area contributed by atoms with Gasteiger partial charge in [-0.3, -0.25) is 0 Å². The average molecular weight is 213 g/mol. The number of ether oxygens (including phenoxy) is 1. The lowest BCUT2D eigenvalue weighted by Gasteiger charge is -2.11. The van der Waals surface area contributed by atoms with Gasteiger partial charge in [-0.2, -0.15) is 5.26 Å². The first-order valence-electron chi connectivity index (χ1n) is 4.26. The summed E-state index contributed by atoms with van der Waals surface area (Å²) in [7, 11) is 0. The Morgan fingerprint density at radius 1 is 1.40 bits per heavy atom. The molecule has 0 amide bonds. The molecule has 0 aliphatic carbocycles. The maximum Gasteiger partial charge on any atom is 0.174 e. The van der Waals surface area contributed by atoms with Crippen LogP contribution in [-0.4, -0.2) is 18.3 Å². The number of nitrogens with zero attached hydrogens (tertiary/aromatic N) is 1. The van der Waals surface area contributed by atoms with Gasteiger partial charge in [0.25, 0.3) is 0 Å². The molecule has 0 saturated carbocycles. The summed E-state index contributed by atoms with van der Waals surface area (Å²) in [5.41, 5.74) is -0.423. The number of aliphatic hydroxyl groups is 1. The predicted molar refractivity (Wildman–Crippen MR) is 47.7 cm³/mol. The topological polar surface area (TPSA) is 53.2 Å². The second-order valence-corrected chi connectivity index (χ2v) is 2.74. The van der Waals surface area contributed by atoms with Crippen molar-refractivity contribution in [3.63, 3.8) is 0 Å². The number of hydrogen-bond donors (Lipinski definition) is 1. The fraction of sp³-hybridized carbons (Fsp3) is 0.300. The predicted octanol–water partition coefficient (Wildman–Crippen LogP) is 1.54. The number of benzene rings is 1. The van der Waals surface area contributed by atoms with Crippen molar-refractivity contribution in [2.75, 3.05) is 13.2 Å². The molecular weight excluding hydrogens is 204 g/mol. The van der Waals surface area contributed by atoms with E-state index in [0.29, 0.717) is 0 Å². The molecular formula is C10H9F2NO2. The Kier molecular flexibility index (Phi) is 4.16. The molecule has 0 radical (unpaired) electrons. The molecule has 1 rings (SSSR count). The van der Waals surface area contributed by atoms with E-state index < -0.39 is 23.3 Å². The van der Waals surface area contributed by atoms with Gasteiger partial charge >= 0.3 is 0 Å². The van der Waals surface area contributed by atoms with Crippen molar-refractivity contribution in [1.29, 1.82) is 5.26 Å². The molecule has 0 bridgehead atoms. The van der Waals surface area contributed by atoms with Gasteiger partial charge < -0.3 is 9.84 Å². The van der Waals surface area contributed by atoms with Crippen LogP contribution in [0.5, 0.6) is 0 Å². The van der Waals surface area contributed by atoms with E-state index in [9.17, 15) is 8.78 Å². The highest BCUT2D eigenvalue weighted by Crippen LogP contribution is 2.22. The molecule has 0 aliphatic heterocycles. The zero-order chi connectivity index (χ0) is 11.3. The molecule has 0 heterocycles. The zero-order valence-corrected chi connectivity index (χ0v) is 7.78. The molecule has 0 saturated heterocycles. The minimum atomic E-state index is -1.33. The van der Waals surface area contributed by atoms with Gasteiger partial charge in [-0.1, -0.05) is 6.07 Å². The third-order valence-corrected chi connectivity index (χ3v) is 1.75. The fourth-order valence-electron chi connectivity index (χ4n) is 1.12. The number of nitriles is 1. The molecule has 0 aliphatic rings. The highest BCUT2D eigenvalue weighted by Gasteiger charge is 2.19. The Bertz CT molecular complexity index is 356. The van der Waals surface area contributed by atoms with Gasteiger partial charge in [0.05, 0.1) is 24.8 Å². The second kappa shape index (κ2) is 5.39. The van der Waals surface area contributed by atoms with Gasteiger partial charge in [0.15, 0.2) is 6.10 Å². The zero-order valence-electron chi connectivity index (χ0n) is 7.78. The standard InChI is InChI=1S/C10H9F2NO2/c11-7-2-1-3-8(12)10(7)9(6-13)15-5-4-14/h1-3,9,14H,4-5H2. The van der Waals surface area contributed by atoms with Gasteiger partial charge in [-0.05, 0) is 12.1 Å². The van der Waals surface area contributed by atoms with Crippen LogP contribution < -0.4 is 0 Å². The van der Waals surface area contributed by atoms with E-state index in [2.05, 4.69) is 0 Å². The molecule has 1 aromatic carbocycles. The number of hydrogen-bond acceptors (Lipinski definition) is 3. The lowest BCUT2D eigenvalue weighted by atomic mass is 10.1. The number of rotatable bonds is 4. The van der Waals surface area contributed by atoms with Crippen molar-refractivity contribution < 1.29 is 18.6 Å². The van der Waals surface area contributed by atoms with Crippen molar-refractivity contribution in [2.45, 2.75) is 6.10 Å². The molecule has 0 fully saturated rings. The van der Waals surface area contributed by atoms with Crippen molar-refractivity contribution in [2.24, 2.45) is 0 Å². The Balaban J connectivity index is 2.97. The Morgan fingerprint density at radius 2 is 2.00 bits per heavy atom. The normalized spacial score (nSPS) is 12.1. The molecule has 3 nitrogen and oxygen atoms in total. The van der Waals surface area contributed by atoms with E-state index in [1.807, 2.05) is 0 Å². The van der Waals surface area contributed by atoms with Gasteiger partial charge in [0.2, 0.25) is 0 Å². The SMILES string of the molecule is N#CC(OCCO)c1c(F)cccc1F. The maximum absolute atomic E-state index is 13.2. The van der Waals surface area contributed by atoms with Crippen LogP contribution in [0.3, 0.4) is 0 Å². The van der Waals surface area contributed by atoms with E-state index >= 15 is 0 Å². The van der Waals surface area contributed by atoms with Gasteiger partial charge in [0.1, 0.15) is 11.6 Å². The largest absolute Gasteiger partial charge is 0.394 e. The first kappa shape index (κ1) is 11.6. The first-order valence-corrected chi connectivity index (χ1v) is 4.26. The Hall–Kier alpha value is -1.51. The smallest absolute Gasteiger partial charge is 0.174 e. The third-order valence-electron chi connectivity index (χ3n) is 1.75. The summed E-state index contributed by atoms with van der Waals surface area (Å²) >= 11 is 0. The second-order valence-electron chi connectivity index (χ2n) is 2.74. The quantitative estimate of drug-likeness (QED) is 0.825. The Labute approximate surface area is 85.5 Å². The number of halogens is 2. The Morgan fingerprint density at radius 3 is 2.47 bits per heavy atom. The van der Waals surface area contributed by atoms with Crippen molar-refractivity contribution in [3.05, 3.63) is 35.4 Å². The molecule has 0 spiro atoms. The molecule has 1 aromatic rings. The van der Waals surface area contributed by atoms with Crippen LogP contribution in [0.15, 0.2) is 18.2 Å². The lowest BCUT2D eigenvalue weighted by Crippen LogP contribution is -2.09. The van der Waals surface area contributed by atoms with Crippen LogP contribution in [0.25, 0.3) is 0 Å². The molecule has 1 N–H and O–H groups in total. The van der Waals surface area contributed by atoms with E-state index in [0.717, 1.165) is 12.1 Å². The molecule has 1 unspecified atom stereocenters. The molecule has 0 aromatic heterocycles. The number of aliphatic hydroxyl groups excluding tert-OH is 1. The molecule has 15 heavy (non-hydrogen) atoms. The maximum atomic E-state index is 13.2. The average Bonchev–Trinajstić information content (AvgIpc) is 2.22. The van der Waals surface area contributed by atoms with Crippen LogP contribution in [0.1, 0.15) is 11.7 Å². The summed E-state index contributed by atoms with van der Waals surface area (Å²) in [5, 5.41) is 17.1. The summed E-state index contributed by atoms with van der Waals surface area (Å²) in [6.07, 6.45) is -1.33. The lowest BCUT2D eigenvalue weighted by molar-refractivity contribution is 0.0544. The van der Waals surface area contributed by atoms with Gasteiger partial charge in [0, 0.05) is 0 Å². The summed E-state index contributed by atoms with van der Waals surface area (Å²) in [5.74, 6) is -1.67. The minimum Gasteiger partial charge on any atom is -0.394 e. The monoisotopic (exact) mass is 213 g/mol. The third kappa shape index (κ3) is 2.72. The highest BCUT2D eigenvalue weighted by molar-refractivity contribution is 5.26. The van der Waals surface area contributed by atoms with Crippen molar-refractivity contribution in [1.82, 2.24) is 0 Å². The molecule has 1 atom stereocenters. The van der Waals surface area contributed by atoms with Crippen molar-refractivity contribution in [3.8, 4) is 6.07 Å². The van der Waals surface area contributed by atoms with Crippen molar-refractivity contribution >= 4 is 0 Å². The molecule has 5 heteroatoms. The van der Waals surface area contributed by atoms with E-state index in [1.54, 1.807) is 6.07 Å². The van der Waals surface area contributed by atoms with Gasteiger partial charge in [-0.25, -0.2) is 8.78 Å². The summed E-state index contributed by atoms with van der Waals surface area (Å²) < 4.78 is 31.2.